The molecule has 0 saturated carbocycles. The summed E-state index contributed by atoms with van der Waals surface area (Å²) >= 11 is 1.69. The fraction of sp³-hybridized carbons (Fsp3) is 0.400. The molecule has 0 aliphatic carbocycles. The number of thioether (sulfide) groups is 1. The van der Waals surface area contributed by atoms with Crippen molar-refractivity contribution in [1.29, 1.82) is 0 Å². The van der Waals surface area contributed by atoms with Crippen molar-refractivity contribution < 1.29 is 8.42 Å². The van der Waals surface area contributed by atoms with Crippen molar-refractivity contribution in [2.45, 2.75) is 11.3 Å². The fourth-order valence-electron chi connectivity index (χ4n) is 1.23. The van der Waals surface area contributed by atoms with Gasteiger partial charge in [0, 0.05) is 6.54 Å². The van der Waals surface area contributed by atoms with E-state index in [2.05, 4.69) is 4.72 Å². The second kappa shape index (κ2) is 6.12. The lowest BCUT2D eigenvalue weighted by molar-refractivity contribution is 0.581. The van der Waals surface area contributed by atoms with Crippen molar-refractivity contribution in [3.63, 3.8) is 0 Å². The maximum Gasteiger partial charge on any atom is 0.242 e. The molecule has 0 atom stereocenters. The molecule has 0 aliphatic heterocycles. The van der Waals surface area contributed by atoms with Gasteiger partial charge in [0.25, 0.3) is 0 Å². The summed E-state index contributed by atoms with van der Waals surface area (Å²) in [7, 11) is -3.46. The lowest BCUT2D eigenvalue weighted by atomic mass is 10.3. The summed E-state index contributed by atoms with van der Waals surface area (Å²) in [5, 5.41) is 0. The van der Waals surface area contributed by atoms with Gasteiger partial charge in [0.05, 0.1) is 5.69 Å². The molecule has 0 aliphatic rings. The molecule has 0 radical (unpaired) electrons. The van der Waals surface area contributed by atoms with Crippen molar-refractivity contribution in [3.05, 3.63) is 24.3 Å². The van der Waals surface area contributed by atoms with Gasteiger partial charge in [-0.3, -0.25) is 0 Å². The van der Waals surface area contributed by atoms with Gasteiger partial charge in [0.2, 0.25) is 10.0 Å². The summed E-state index contributed by atoms with van der Waals surface area (Å²) in [5.41, 5.74) is 5.89. The Morgan fingerprint density at radius 3 is 2.69 bits per heavy atom. The number of rotatable bonds is 6. The third-order valence-corrected chi connectivity index (χ3v) is 4.26. The smallest absolute Gasteiger partial charge is 0.242 e. The van der Waals surface area contributed by atoms with Gasteiger partial charge in [0.1, 0.15) is 4.90 Å². The Hall–Kier alpha value is -0.720. The predicted octanol–water partition coefficient (Wildman–Crippen LogP) is 1.30. The summed E-state index contributed by atoms with van der Waals surface area (Å²) in [6, 6.07) is 6.46. The molecule has 0 fully saturated rings. The lowest BCUT2D eigenvalue weighted by Gasteiger charge is -2.08. The Kier molecular flexibility index (Phi) is 5.11. The quantitative estimate of drug-likeness (QED) is 0.597. The molecule has 6 heteroatoms. The van der Waals surface area contributed by atoms with Crippen LogP contribution in [0.2, 0.25) is 0 Å². The standard InChI is InChI=1S/C10H16N2O2S2/c1-15-8-4-7-12-16(13,14)10-6-3-2-5-9(10)11/h2-3,5-6,12H,4,7-8,11H2,1H3. The molecule has 0 saturated heterocycles. The number of hydrogen-bond donors (Lipinski definition) is 2. The van der Waals surface area contributed by atoms with Crippen LogP contribution in [0.5, 0.6) is 0 Å². The third kappa shape index (κ3) is 3.70. The van der Waals surface area contributed by atoms with E-state index < -0.39 is 10.0 Å². The molecule has 0 bridgehead atoms. The normalized spacial score (nSPS) is 11.6. The van der Waals surface area contributed by atoms with Crippen LogP contribution >= 0.6 is 11.8 Å². The van der Waals surface area contributed by atoms with E-state index in [-0.39, 0.29) is 10.6 Å². The van der Waals surface area contributed by atoms with Crippen LogP contribution < -0.4 is 10.5 Å². The van der Waals surface area contributed by atoms with Gasteiger partial charge in [0.15, 0.2) is 0 Å². The minimum atomic E-state index is -3.46. The zero-order valence-electron chi connectivity index (χ0n) is 9.14. The van der Waals surface area contributed by atoms with Gasteiger partial charge in [-0.15, -0.1) is 0 Å². The Bertz CT molecular complexity index is 432. The number of anilines is 1. The number of nitrogen functional groups attached to an aromatic ring is 1. The average Bonchev–Trinajstić information content (AvgIpc) is 2.25. The van der Waals surface area contributed by atoms with Crippen molar-refractivity contribution in [3.8, 4) is 0 Å². The van der Waals surface area contributed by atoms with Gasteiger partial charge in [-0.2, -0.15) is 11.8 Å². The highest BCUT2D eigenvalue weighted by atomic mass is 32.2. The van der Waals surface area contributed by atoms with Crippen molar-refractivity contribution >= 4 is 27.5 Å². The first-order chi connectivity index (χ1) is 7.58. The lowest BCUT2D eigenvalue weighted by Crippen LogP contribution is -2.25. The van der Waals surface area contributed by atoms with Gasteiger partial charge < -0.3 is 5.73 Å². The molecule has 3 N–H and O–H groups in total. The first kappa shape index (κ1) is 13.3. The Morgan fingerprint density at radius 1 is 1.38 bits per heavy atom. The molecule has 16 heavy (non-hydrogen) atoms. The molecule has 1 aromatic carbocycles. The molecular formula is C10H16N2O2S2. The Balaban J connectivity index is 2.68. The first-order valence-electron chi connectivity index (χ1n) is 4.91. The van der Waals surface area contributed by atoms with Crippen LogP contribution in [0.1, 0.15) is 6.42 Å². The zero-order valence-corrected chi connectivity index (χ0v) is 10.8. The number of benzene rings is 1. The van der Waals surface area contributed by atoms with Crippen molar-refractivity contribution in [1.82, 2.24) is 4.72 Å². The molecule has 0 amide bonds. The minimum Gasteiger partial charge on any atom is -0.398 e. The number of nitrogens with one attached hydrogen (secondary N) is 1. The van der Waals surface area contributed by atoms with E-state index in [4.69, 9.17) is 5.73 Å². The van der Waals surface area contributed by atoms with Crippen LogP contribution in [0.4, 0.5) is 5.69 Å². The summed E-state index contributed by atoms with van der Waals surface area (Å²) < 4.78 is 26.2. The van der Waals surface area contributed by atoms with E-state index in [1.54, 1.807) is 30.0 Å². The number of hydrogen-bond acceptors (Lipinski definition) is 4. The molecule has 90 valence electrons. The van der Waals surface area contributed by atoms with E-state index in [0.717, 1.165) is 12.2 Å². The third-order valence-electron chi connectivity index (χ3n) is 2.03. The summed E-state index contributed by atoms with van der Waals surface area (Å²) in [5.74, 6) is 0.937. The van der Waals surface area contributed by atoms with Crippen LogP contribution in [-0.2, 0) is 10.0 Å². The second-order valence-corrected chi connectivity index (χ2v) is 6.00. The molecule has 0 aromatic heterocycles. The van der Waals surface area contributed by atoms with Gasteiger partial charge in [-0.25, -0.2) is 13.1 Å². The van der Waals surface area contributed by atoms with Crippen LogP contribution in [0.15, 0.2) is 29.2 Å². The molecule has 1 aromatic rings. The highest BCUT2D eigenvalue weighted by Crippen LogP contribution is 2.16. The van der Waals surface area contributed by atoms with Gasteiger partial charge in [-0.1, -0.05) is 12.1 Å². The number of para-hydroxylation sites is 1. The SMILES string of the molecule is CSCCCNS(=O)(=O)c1ccccc1N. The summed E-state index contributed by atoms with van der Waals surface area (Å²) in [4.78, 5) is 0.152. The van der Waals surface area contributed by atoms with Gasteiger partial charge in [-0.05, 0) is 30.6 Å². The molecule has 4 nitrogen and oxygen atoms in total. The number of nitrogens with two attached hydrogens (primary N) is 1. The average molecular weight is 260 g/mol. The zero-order chi connectivity index (χ0) is 12.0. The van der Waals surface area contributed by atoms with E-state index >= 15 is 0 Å². The highest BCUT2D eigenvalue weighted by molar-refractivity contribution is 7.98. The largest absolute Gasteiger partial charge is 0.398 e. The van der Waals surface area contributed by atoms with Crippen LogP contribution in [0.25, 0.3) is 0 Å². The van der Waals surface area contributed by atoms with Crippen molar-refractivity contribution in [2.75, 3.05) is 24.3 Å². The van der Waals surface area contributed by atoms with E-state index in [1.807, 2.05) is 6.26 Å². The molecule has 0 unspecified atom stereocenters. The van der Waals surface area contributed by atoms with Gasteiger partial charge >= 0.3 is 0 Å². The molecule has 1 rings (SSSR count). The fourth-order valence-corrected chi connectivity index (χ4v) is 2.86. The van der Waals surface area contributed by atoms with E-state index in [0.29, 0.717) is 6.54 Å². The monoisotopic (exact) mass is 260 g/mol. The van der Waals surface area contributed by atoms with Crippen LogP contribution in [0, 0.1) is 0 Å². The minimum absolute atomic E-state index is 0.152. The molecular weight excluding hydrogens is 244 g/mol. The van der Waals surface area contributed by atoms with E-state index in [1.165, 1.54) is 6.07 Å². The topological polar surface area (TPSA) is 72.2 Å². The summed E-state index contributed by atoms with van der Waals surface area (Å²) in [6.45, 7) is 0.442. The summed E-state index contributed by atoms with van der Waals surface area (Å²) in [6.07, 6.45) is 2.80. The molecule has 0 spiro atoms. The Labute approximate surface area is 101 Å². The van der Waals surface area contributed by atoms with Crippen LogP contribution in [-0.4, -0.2) is 27.0 Å². The predicted molar refractivity (Wildman–Crippen MR) is 69.0 cm³/mol. The number of sulfonamides is 1. The Morgan fingerprint density at radius 2 is 2.06 bits per heavy atom. The molecule has 0 heterocycles. The van der Waals surface area contributed by atoms with Crippen LogP contribution in [0.3, 0.4) is 0 Å². The van der Waals surface area contributed by atoms with Crippen molar-refractivity contribution in [2.24, 2.45) is 0 Å². The van der Waals surface area contributed by atoms with E-state index in [9.17, 15) is 8.42 Å². The maximum absolute atomic E-state index is 11.8. The maximum atomic E-state index is 11.8. The second-order valence-electron chi connectivity index (χ2n) is 3.28. The highest BCUT2D eigenvalue weighted by Gasteiger charge is 2.15. The first-order valence-corrected chi connectivity index (χ1v) is 7.79.